The lowest BCUT2D eigenvalue weighted by Crippen LogP contribution is -2.04. The van der Waals surface area contributed by atoms with Crippen molar-refractivity contribution in [1.29, 1.82) is 0 Å². The Bertz CT molecular complexity index is 444. The van der Waals surface area contributed by atoms with Crippen LogP contribution >= 0.6 is 11.3 Å². The summed E-state index contributed by atoms with van der Waals surface area (Å²) in [6.45, 7) is 13.1. The van der Waals surface area contributed by atoms with Gasteiger partial charge in [-0.3, -0.25) is 0 Å². The lowest BCUT2D eigenvalue weighted by Gasteiger charge is -2.00. The molecule has 1 rings (SSSR count). The van der Waals surface area contributed by atoms with E-state index in [1.54, 1.807) is 6.92 Å². The van der Waals surface area contributed by atoms with Crippen molar-refractivity contribution in [2.24, 2.45) is 0 Å². The molecule has 0 fully saturated rings. The molecule has 0 atom stereocenters. The quantitative estimate of drug-likeness (QED) is 0.650. The fraction of sp³-hybridized carbons (Fsp3) is 0.455. The Hall–Kier alpha value is -1.54. The second-order valence-corrected chi connectivity index (χ2v) is 4.60. The molecule has 0 aromatic carbocycles. The van der Waals surface area contributed by atoms with E-state index < -0.39 is 5.97 Å². The number of esters is 1. The molecule has 0 saturated carbocycles. The second kappa shape index (κ2) is 4.99. The largest absolute Gasteiger partial charge is 0.462 e. The predicted octanol–water partition coefficient (Wildman–Crippen LogP) is 3.18. The summed E-state index contributed by atoms with van der Waals surface area (Å²) in [5, 5.41) is 0. The molecular weight excluding hydrogens is 224 g/mol. The first kappa shape index (κ1) is 12.5. The number of carbonyl (C=O) groups excluding carboxylic acids is 1. The number of nitrogens with zero attached hydrogens (tertiary/aromatic N) is 1. The molecule has 1 heterocycles. The third kappa shape index (κ3) is 2.17. The van der Waals surface area contributed by atoms with Gasteiger partial charge in [-0.15, -0.1) is 11.3 Å². The van der Waals surface area contributed by atoms with Gasteiger partial charge in [0.1, 0.15) is 4.88 Å². The second-order valence-electron chi connectivity index (χ2n) is 3.54. The zero-order valence-corrected chi connectivity index (χ0v) is 10.4. The van der Waals surface area contributed by atoms with Crippen LogP contribution in [0.25, 0.3) is 4.85 Å². The third-order valence-corrected chi connectivity index (χ3v) is 3.52. The van der Waals surface area contributed by atoms with Gasteiger partial charge in [-0.05, 0) is 12.8 Å². The van der Waals surface area contributed by atoms with Gasteiger partial charge in [0.15, 0.2) is 0 Å². The van der Waals surface area contributed by atoms with E-state index in [0.717, 1.165) is 4.88 Å². The molecule has 0 radical (unpaired) electrons. The minimum atomic E-state index is -0.443. The summed E-state index contributed by atoms with van der Waals surface area (Å²) in [6.07, 6.45) is 0. The number of hydrogen-bond acceptors (Lipinski definition) is 4. The van der Waals surface area contributed by atoms with Gasteiger partial charge in [0.2, 0.25) is 5.69 Å². The van der Waals surface area contributed by atoms with Crippen LogP contribution in [0.4, 0.5) is 11.4 Å². The minimum absolute atomic E-state index is 0.180. The van der Waals surface area contributed by atoms with E-state index in [1.165, 1.54) is 11.3 Å². The molecule has 1 aromatic heterocycles. The molecule has 0 aliphatic carbocycles. The highest BCUT2D eigenvalue weighted by molar-refractivity contribution is 7.15. The summed E-state index contributed by atoms with van der Waals surface area (Å²) >= 11 is 1.25. The van der Waals surface area contributed by atoms with Crippen LogP contribution in [0.3, 0.4) is 0 Å². The highest BCUT2D eigenvalue weighted by Crippen LogP contribution is 2.42. The molecule has 5 heteroatoms. The Morgan fingerprint density at radius 2 is 2.25 bits per heavy atom. The van der Waals surface area contributed by atoms with E-state index in [0.29, 0.717) is 17.2 Å². The van der Waals surface area contributed by atoms with Crippen LogP contribution in [0.2, 0.25) is 0 Å². The molecule has 0 saturated heterocycles. The molecule has 0 unspecified atom stereocenters. The molecule has 86 valence electrons. The number of carbonyl (C=O) groups is 1. The first-order chi connectivity index (χ1) is 7.52. The summed E-state index contributed by atoms with van der Waals surface area (Å²) in [5.41, 5.74) is 6.42. The van der Waals surface area contributed by atoms with Crippen molar-refractivity contribution in [3.63, 3.8) is 0 Å². The fourth-order valence-corrected chi connectivity index (χ4v) is 2.37. The van der Waals surface area contributed by atoms with Gasteiger partial charge in [-0.2, -0.15) is 0 Å². The zero-order valence-electron chi connectivity index (χ0n) is 9.53. The van der Waals surface area contributed by atoms with Crippen LogP contribution in [-0.2, 0) is 4.74 Å². The molecule has 0 amide bonds. The monoisotopic (exact) mass is 238 g/mol. The van der Waals surface area contributed by atoms with Crippen molar-refractivity contribution in [2.45, 2.75) is 26.7 Å². The lowest BCUT2D eigenvalue weighted by molar-refractivity contribution is 0.0533. The molecular formula is C11H14N2O2S. The highest BCUT2D eigenvalue weighted by Gasteiger charge is 2.23. The van der Waals surface area contributed by atoms with Gasteiger partial charge < -0.3 is 10.5 Å². The molecule has 4 nitrogen and oxygen atoms in total. The lowest BCUT2D eigenvalue weighted by atomic mass is 10.1. The van der Waals surface area contributed by atoms with Crippen LogP contribution in [0.5, 0.6) is 0 Å². The van der Waals surface area contributed by atoms with E-state index in [1.807, 2.05) is 13.8 Å². The van der Waals surface area contributed by atoms with Crippen LogP contribution in [0.1, 0.15) is 41.2 Å². The Kier molecular flexibility index (Phi) is 3.91. The molecule has 0 spiro atoms. The van der Waals surface area contributed by atoms with Crippen molar-refractivity contribution in [3.8, 4) is 0 Å². The summed E-state index contributed by atoms with van der Waals surface area (Å²) in [4.78, 5) is 16.1. The molecule has 0 bridgehead atoms. The van der Waals surface area contributed by atoms with Gasteiger partial charge in [-0.25, -0.2) is 9.64 Å². The van der Waals surface area contributed by atoms with Gasteiger partial charge in [0, 0.05) is 4.88 Å². The van der Waals surface area contributed by atoms with E-state index in [9.17, 15) is 4.79 Å². The maximum atomic E-state index is 11.6. The zero-order chi connectivity index (χ0) is 12.3. The Morgan fingerprint density at radius 3 is 2.62 bits per heavy atom. The van der Waals surface area contributed by atoms with Crippen molar-refractivity contribution >= 4 is 28.7 Å². The van der Waals surface area contributed by atoms with Crippen molar-refractivity contribution in [3.05, 3.63) is 21.2 Å². The Labute approximate surface area is 98.8 Å². The number of hydrogen-bond donors (Lipinski definition) is 1. The summed E-state index contributed by atoms with van der Waals surface area (Å²) in [6, 6.07) is 0. The normalized spacial score (nSPS) is 10.2. The number of rotatable bonds is 3. The van der Waals surface area contributed by atoms with E-state index >= 15 is 0 Å². The van der Waals surface area contributed by atoms with E-state index in [4.69, 9.17) is 17.0 Å². The fourth-order valence-electron chi connectivity index (χ4n) is 1.31. The van der Waals surface area contributed by atoms with Gasteiger partial charge in [0.05, 0.1) is 18.9 Å². The van der Waals surface area contributed by atoms with Crippen LogP contribution in [0, 0.1) is 6.57 Å². The third-order valence-electron chi connectivity index (χ3n) is 2.04. The SMILES string of the molecule is [C-]#[N+]c1c(C(C)C)sc(C(=O)OCC)c1N. The maximum absolute atomic E-state index is 11.6. The van der Waals surface area contributed by atoms with Crippen LogP contribution in [0.15, 0.2) is 0 Å². The van der Waals surface area contributed by atoms with Crippen LogP contribution in [-0.4, -0.2) is 12.6 Å². The molecule has 1 aromatic rings. The molecule has 16 heavy (non-hydrogen) atoms. The topological polar surface area (TPSA) is 56.7 Å². The first-order valence-corrected chi connectivity index (χ1v) is 5.81. The van der Waals surface area contributed by atoms with Crippen molar-refractivity contribution in [2.75, 3.05) is 12.3 Å². The molecule has 0 aliphatic heterocycles. The number of nitrogens with two attached hydrogens (primary N) is 1. The minimum Gasteiger partial charge on any atom is -0.462 e. The first-order valence-electron chi connectivity index (χ1n) is 4.99. The van der Waals surface area contributed by atoms with Gasteiger partial charge in [-0.1, -0.05) is 13.8 Å². The van der Waals surface area contributed by atoms with E-state index in [-0.39, 0.29) is 11.6 Å². The number of ether oxygens (including phenoxy) is 1. The molecule has 0 aliphatic rings. The van der Waals surface area contributed by atoms with Gasteiger partial charge >= 0.3 is 5.97 Å². The van der Waals surface area contributed by atoms with E-state index in [2.05, 4.69) is 4.85 Å². The average Bonchev–Trinajstić information content (AvgIpc) is 2.55. The van der Waals surface area contributed by atoms with Crippen molar-refractivity contribution in [1.82, 2.24) is 0 Å². The Morgan fingerprint density at radius 1 is 1.62 bits per heavy atom. The van der Waals surface area contributed by atoms with Gasteiger partial charge in [0.25, 0.3) is 0 Å². The highest BCUT2D eigenvalue weighted by atomic mass is 32.1. The average molecular weight is 238 g/mol. The smallest absolute Gasteiger partial charge is 0.349 e. The number of anilines is 1. The number of nitrogen functional groups attached to an aromatic ring is 1. The summed E-state index contributed by atoms with van der Waals surface area (Å²) in [5.74, 6) is -0.263. The summed E-state index contributed by atoms with van der Waals surface area (Å²) in [7, 11) is 0. The molecule has 2 N–H and O–H groups in total. The summed E-state index contributed by atoms with van der Waals surface area (Å²) < 4.78 is 4.89. The standard InChI is InChI=1S/C11H14N2O2S/c1-5-15-11(14)10-7(12)8(13-4)9(16-10)6(2)3/h6H,5,12H2,1-3H3. The van der Waals surface area contributed by atoms with Crippen LogP contribution < -0.4 is 5.73 Å². The Balaban J connectivity index is 3.24. The number of thiophene rings is 1. The maximum Gasteiger partial charge on any atom is 0.349 e. The predicted molar refractivity (Wildman–Crippen MR) is 65.0 cm³/mol. The van der Waals surface area contributed by atoms with Crippen molar-refractivity contribution < 1.29 is 9.53 Å².